The first-order valence-corrected chi connectivity index (χ1v) is 13.4. The van der Waals surface area contributed by atoms with Crippen LogP contribution in [0, 0.1) is 12.7 Å². The van der Waals surface area contributed by atoms with E-state index in [1.165, 1.54) is 17.2 Å². The van der Waals surface area contributed by atoms with Crippen LogP contribution in [0.15, 0.2) is 66.7 Å². The number of rotatable bonds is 11. The summed E-state index contributed by atoms with van der Waals surface area (Å²) in [5, 5.41) is 10.2. The molecule has 0 aromatic heterocycles. The van der Waals surface area contributed by atoms with Crippen LogP contribution in [-0.2, 0) is 22.7 Å². The summed E-state index contributed by atoms with van der Waals surface area (Å²) in [6, 6.07) is 20.7. The predicted octanol–water partition coefficient (Wildman–Crippen LogP) is 4.43. The molecular weight excluding hydrogens is 493 g/mol. The van der Waals surface area contributed by atoms with Crippen LogP contribution in [0.1, 0.15) is 30.5 Å². The number of likely N-dealkylation sites (N-methyl/N-ethyl adjacent to an activating group) is 1. The smallest absolute Gasteiger partial charge is 0.256 e. The Hall–Kier alpha value is -3.75. The van der Waals surface area contributed by atoms with Crippen molar-refractivity contribution >= 4 is 17.5 Å². The third-order valence-corrected chi connectivity index (χ3v) is 7.07. The zero-order chi connectivity index (χ0) is 27.9. The molecule has 39 heavy (non-hydrogen) atoms. The summed E-state index contributed by atoms with van der Waals surface area (Å²) in [4.78, 5) is 28.2. The van der Waals surface area contributed by atoms with Crippen LogP contribution in [0.2, 0.25) is 0 Å². The Balaban J connectivity index is 1.42. The number of aryl methyl sites for hydroxylation is 1. The normalized spacial score (nSPS) is 12.9. The molecule has 0 fully saturated rings. The molecule has 206 valence electrons. The third kappa shape index (κ3) is 7.22. The molecule has 2 N–H and O–H groups in total. The fourth-order valence-corrected chi connectivity index (χ4v) is 4.69. The molecule has 1 aliphatic heterocycles. The van der Waals surface area contributed by atoms with E-state index in [0.29, 0.717) is 31.7 Å². The monoisotopic (exact) mass is 531 g/mol. The van der Waals surface area contributed by atoms with Gasteiger partial charge in [0.1, 0.15) is 12.4 Å². The molecule has 8 heteroatoms. The van der Waals surface area contributed by atoms with Gasteiger partial charge in [0.15, 0.2) is 0 Å². The molecule has 0 saturated heterocycles. The summed E-state index contributed by atoms with van der Waals surface area (Å²) in [7, 11) is 1.76. The highest BCUT2D eigenvalue weighted by Gasteiger charge is 2.27. The molecule has 4 rings (SSSR count). The van der Waals surface area contributed by atoms with Gasteiger partial charge in [-0.2, -0.15) is 0 Å². The first kappa shape index (κ1) is 28.3. The van der Waals surface area contributed by atoms with E-state index in [9.17, 15) is 14.0 Å². The van der Waals surface area contributed by atoms with Crippen molar-refractivity contribution in [1.82, 2.24) is 20.2 Å². The number of nitrogens with one attached hydrogen (secondary N) is 2. The van der Waals surface area contributed by atoms with E-state index in [1.807, 2.05) is 56.1 Å². The van der Waals surface area contributed by atoms with E-state index >= 15 is 0 Å². The van der Waals surface area contributed by atoms with Gasteiger partial charge in [-0.05, 0) is 41.3 Å². The zero-order valence-electron chi connectivity index (χ0n) is 23.2. The lowest BCUT2D eigenvalue weighted by Crippen LogP contribution is -2.49. The minimum Gasteiger partial charge on any atom is -0.376 e. The predicted molar refractivity (Wildman–Crippen MR) is 153 cm³/mol. The Morgan fingerprint density at radius 2 is 1.64 bits per heavy atom. The van der Waals surface area contributed by atoms with Crippen molar-refractivity contribution < 1.29 is 14.0 Å². The van der Waals surface area contributed by atoms with Crippen molar-refractivity contribution in [2.75, 3.05) is 38.5 Å². The van der Waals surface area contributed by atoms with Gasteiger partial charge >= 0.3 is 0 Å². The number of hydrazine groups is 1. The van der Waals surface area contributed by atoms with Crippen molar-refractivity contribution in [3.63, 3.8) is 0 Å². The number of nitrogens with zero attached hydrogens (tertiary/aromatic N) is 3. The van der Waals surface area contributed by atoms with Crippen LogP contribution in [-0.4, -0.2) is 66.0 Å². The Labute approximate surface area is 230 Å². The Morgan fingerprint density at radius 1 is 0.974 bits per heavy atom. The van der Waals surface area contributed by atoms with Crippen molar-refractivity contribution in [3.05, 3.63) is 89.2 Å². The van der Waals surface area contributed by atoms with Crippen LogP contribution >= 0.6 is 0 Å². The molecule has 0 unspecified atom stereocenters. The molecule has 2 amide bonds. The van der Waals surface area contributed by atoms with Crippen LogP contribution in [0.5, 0.6) is 0 Å². The minimum absolute atomic E-state index is 0.0160. The second-order valence-corrected chi connectivity index (χ2v) is 10.3. The lowest BCUT2D eigenvalue weighted by atomic mass is 10.0. The molecule has 7 nitrogen and oxygen atoms in total. The van der Waals surface area contributed by atoms with Gasteiger partial charge in [-0.15, -0.1) is 0 Å². The number of amides is 2. The van der Waals surface area contributed by atoms with Gasteiger partial charge in [0.05, 0.1) is 6.54 Å². The van der Waals surface area contributed by atoms with Crippen LogP contribution in [0.4, 0.5) is 10.1 Å². The van der Waals surface area contributed by atoms with Crippen molar-refractivity contribution in [2.24, 2.45) is 0 Å². The highest BCUT2D eigenvalue weighted by atomic mass is 19.1. The minimum atomic E-state index is -0.295. The summed E-state index contributed by atoms with van der Waals surface area (Å²) in [5.74, 6) is -0.614. The van der Waals surface area contributed by atoms with E-state index < -0.39 is 0 Å². The fraction of sp³-hybridized carbons (Fsp3) is 0.355. The summed E-state index contributed by atoms with van der Waals surface area (Å²) in [6.07, 6.45) is 0. The standard InChI is InChI=1S/C31H38FN5O2/c1-22(2)33-15-16-36(21-31(39)35(4)37-19-25-9-5-6-10-26(25)20-37)30(38)18-34-29-17-24(14-13-23(29)3)27-11-7-8-12-28(27)32/h5-14,17,22,33-34H,15-16,18-21H2,1-4H3. The lowest BCUT2D eigenvalue weighted by Gasteiger charge is -2.31. The maximum absolute atomic E-state index is 14.4. The molecule has 0 saturated carbocycles. The van der Waals surface area contributed by atoms with Crippen LogP contribution in [0.25, 0.3) is 11.1 Å². The number of carbonyl (C=O) groups excluding carboxylic acids is 2. The SMILES string of the molecule is Cc1ccc(-c2ccccc2F)cc1NCC(=O)N(CCNC(C)C)CC(=O)N(C)N1Cc2ccccc2C1. The maximum atomic E-state index is 14.4. The summed E-state index contributed by atoms with van der Waals surface area (Å²) >= 11 is 0. The van der Waals surface area contributed by atoms with E-state index in [4.69, 9.17) is 0 Å². The Bertz CT molecular complexity index is 1290. The first-order valence-electron chi connectivity index (χ1n) is 13.4. The van der Waals surface area contributed by atoms with Gasteiger partial charge in [0.2, 0.25) is 5.91 Å². The molecule has 1 heterocycles. The molecule has 0 spiro atoms. The molecule has 1 aliphatic rings. The molecule has 3 aromatic carbocycles. The van der Waals surface area contributed by atoms with Crippen LogP contribution in [0.3, 0.4) is 0 Å². The topological polar surface area (TPSA) is 67.9 Å². The number of anilines is 1. The van der Waals surface area contributed by atoms with Crippen LogP contribution < -0.4 is 10.6 Å². The van der Waals surface area contributed by atoms with Gasteiger partial charge in [-0.1, -0.05) is 68.4 Å². The maximum Gasteiger partial charge on any atom is 0.256 e. The molecule has 0 radical (unpaired) electrons. The zero-order valence-corrected chi connectivity index (χ0v) is 23.2. The molecule has 0 aliphatic carbocycles. The Kier molecular flexibility index (Phi) is 9.32. The molecule has 3 aromatic rings. The second kappa shape index (κ2) is 12.9. The molecule has 0 bridgehead atoms. The number of carbonyl (C=O) groups is 2. The highest BCUT2D eigenvalue weighted by Crippen LogP contribution is 2.27. The third-order valence-electron chi connectivity index (χ3n) is 7.07. The van der Waals surface area contributed by atoms with Gasteiger partial charge in [0, 0.05) is 50.5 Å². The van der Waals surface area contributed by atoms with Gasteiger partial charge in [0.25, 0.3) is 5.91 Å². The summed E-state index contributed by atoms with van der Waals surface area (Å²) in [5.41, 5.74) is 5.36. The van der Waals surface area contributed by atoms with Crippen molar-refractivity contribution in [3.8, 4) is 11.1 Å². The van der Waals surface area contributed by atoms with Gasteiger partial charge < -0.3 is 15.5 Å². The van der Waals surface area contributed by atoms with Gasteiger partial charge in [-0.25, -0.2) is 9.40 Å². The fourth-order valence-electron chi connectivity index (χ4n) is 4.69. The lowest BCUT2D eigenvalue weighted by molar-refractivity contribution is -0.151. The number of hydrogen-bond acceptors (Lipinski definition) is 5. The average molecular weight is 532 g/mol. The summed E-state index contributed by atoms with van der Waals surface area (Å²) in [6.45, 7) is 8.36. The van der Waals surface area contributed by atoms with E-state index in [-0.39, 0.29) is 36.8 Å². The quantitative estimate of drug-likeness (QED) is 0.383. The number of benzene rings is 3. The number of fused-ring (bicyclic) bond motifs is 1. The second-order valence-electron chi connectivity index (χ2n) is 10.3. The average Bonchev–Trinajstić information content (AvgIpc) is 3.36. The number of halogens is 1. The molecule has 0 atom stereocenters. The van der Waals surface area contributed by atoms with Gasteiger partial charge in [-0.3, -0.25) is 14.6 Å². The van der Waals surface area contributed by atoms with E-state index in [2.05, 4.69) is 22.8 Å². The first-order chi connectivity index (χ1) is 18.7. The summed E-state index contributed by atoms with van der Waals surface area (Å²) < 4.78 is 14.4. The van der Waals surface area contributed by atoms with E-state index in [0.717, 1.165) is 16.8 Å². The largest absolute Gasteiger partial charge is 0.376 e. The number of hydrogen-bond donors (Lipinski definition) is 2. The highest BCUT2D eigenvalue weighted by molar-refractivity contribution is 5.87. The van der Waals surface area contributed by atoms with Crippen molar-refractivity contribution in [1.29, 1.82) is 0 Å². The Morgan fingerprint density at radius 3 is 2.31 bits per heavy atom. The van der Waals surface area contributed by atoms with E-state index in [1.54, 1.807) is 35.2 Å². The molecular formula is C31H38FN5O2. The van der Waals surface area contributed by atoms with Crippen molar-refractivity contribution in [2.45, 2.75) is 39.9 Å².